The second kappa shape index (κ2) is 12.8. The Balaban J connectivity index is 1.54. The molecule has 45 heavy (non-hydrogen) atoms. The highest BCUT2D eigenvalue weighted by Gasteiger charge is 2.35. The topological polar surface area (TPSA) is 111 Å². The van der Waals surface area contributed by atoms with Gasteiger partial charge in [0.15, 0.2) is 4.80 Å². The Labute approximate surface area is 270 Å². The molecule has 11 heteroatoms. The van der Waals surface area contributed by atoms with Crippen LogP contribution in [0.4, 0.5) is 0 Å². The highest BCUT2D eigenvalue weighted by Crippen LogP contribution is 2.36. The summed E-state index contributed by atoms with van der Waals surface area (Å²) in [7, 11) is 0. The van der Waals surface area contributed by atoms with Gasteiger partial charge in [-0.3, -0.25) is 9.36 Å². The number of halogens is 1. The summed E-state index contributed by atoms with van der Waals surface area (Å²) in [4.78, 5) is 45.5. The van der Waals surface area contributed by atoms with Crippen molar-refractivity contribution in [1.82, 2.24) is 4.57 Å². The highest BCUT2D eigenvalue weighted by molar-refractivity contribution is 7.98. The molecule has 226 valence electrons. The van der Waals surface area contributed by atoms with Crippen molar-refractivity contribution in [2.24, 2.45) is 4.99 Å². The maximum absolute atomic E-state index is 14.1. The summed E-state index contributed by atoms with van der Waals surface area (Å²) >= 11 is 9.12. The van der Waals surface area contributed by atoms with Gasteiger partial charge in [0.1, 0.15) is 11.5 Å². The molecule has 0 spiro atoms. The zero-order valence-corrected chi connectivity index (χ0v) is 26.4. The van der Waals surface area contributed by atoms with Crippen LogP contribution in [0.5, 0.6) is 0 Å². The third-order valence-corrected chi connectivity index (χ3v) is 9.24. The molecule has 0 amide bonds. The largest absolute Gasteiger partial charge is 0.478 e. The zero-order chi connectivity index (χ0) is 31.7. The van der Waals surface area contributed by atoms with Crippen molar-refractivity contribution in [2.75, 3.05) is 12.9 Å². The normalized spacial score (nSPS) is 14.6. The summed E-state index contributed by atoms with van der Waals surface area (Å²) < 4.78 is 13.4. The maximum Gasteiger partial charge on any atom is 0.338 e. The van der Waals surface area contributed by atoms with Gasteiger partial charge in [-0.25, -0.2) is 14.6 Å². The summed E-state index contributed by atoms with van der Waals surface area (Å²) in [5.41, 5.74) is 2.30. The predicted octanol–water partition coefficient (Wildman–Crippen LogP) is 6.27. The lowest BCUT2D eigenvalue weighted by Crippen LogP contribution is -2.40. The molecule has 1 aliphatic rings. The fourth-order valence-electron chi connectivity index (χ4n) is 5.09. The zero-order valence-electron chi connectivity index (χ0n) is 24.0. The van der Waals surface area contributed by atoms with Gasteiger partial charge in [0.2, 0.25) is 0 Å². The number of esters is 1. The van der Waals surface area contributed by atoms with Gasteiger partial charge >= 0.3 is 11.9 Å². The molecule has 8 nitrogen and oxygen atoms in total. The van der Waals surface area contributed by atoms with Crippen LogP contribution in [0.3, 0.4) is 0 Å². The minimum Gasteiger partial charge on any atom is -0.478 e. The van der Waals surface area contributed by atoms with E-state index in [1.54, 1.807) is 36.9 Å². The Morgan fingerprint density at radius 2 is 1.84 bits per heavy atom. The number of thioether (sulfide) groups is 1. The van der Waals surface area contributed by atoms with Crippen LogP contribution in [0, 0.1) is 0 Å². The van der Waals surface area contributed by atoms with Crippen LogP contribution in [-0.4, -0.2) is 34.5 Å². The van der Waals surface area contributed by atoms with Gasteiger partial charge in [0.05, 0.1) is 39.0 Å². The molecule has 0 saturated carbocycles. The van der Waals surface area contributed by atoms with Crippen molar-refractivity contribution < 1.29 is 23.8 Å². The van der Waals surface area contributed by atoms with Crippen LogP contribution < -0.4 is 14.9 Å². The molecule has 0 bridgehead atoms. The molecular weight excluding hydrogens is 632 g/mol. The lowest BCUT2D eigenvalue weighted by atomic mass is 9.93. The van der Waals surface area contributed by atoms with Crippen molar-refractivity contribution in [1.29, 1.82) is 0 Å². The molecule has 2 aromatic heterocycles. The Morgan fingerprint density at radius 1 is 1.09 bits per heavy atom. The summed E-state index contributed by atoms with van der Waals surface area (Å²) in [5, 5.41) is 9.73. The number of furan rings is 1. The Hall–Kier alpha value is -4.64. The summed E-state index contributed by atoms with van der Waals surface area (Å²) in [6.07, 6.45) is 3.58. The molecule has 1 atom stereocenters. The Kier molecular flexibility index (Phi) is 8.62. The van der Waals surface area contributed by atoms with Gasteiger partial charge in [0, 0.05) is 22.1 Å². The third kappa shape index (κ3) is 5.92. The highest BCUT2D eigenvalue weighted by atomic mass is 35.5. The number of benzene rings is 3. The molecule has 0 saturated heterocycles. The van der Waals surface area contributed by atoms with Gasteiger partial charge in [-0.05, 0) is 61.2 Å². The number of ether oxygens (including phenoxy) is 1. The number of hydrogen-bond acceptors (Lipinski definition) is 8. The van der Waals surface area contributed by atoms with E-state index in [2.05, 4.69) is 0 Å². The summed E-state index contributed by atoms with van der Waals surface area (Å²) in [6, 6.07) is 24.0. The van der Waals surface area contributed by atoms with Gasteiger partial charge in [-0.15, -0.1) is 11.8 Å². The molecule has 0 fully saturated rings. The van der Waals surface area contributed by atoms with Crippen LogP contribution in [-0.2, 0) is 9.53 Å². The number of fused-ring (bicyclic) bond motifs is 1. The van der Waals surface area contributed by atoms with E-state index in [9.17, 15) is 19.5 Å². The number of nitrogens with zero attached hydrogens (tertiary/aromatic N) is 2. The fraction of sp³-hybridized carbons (Fsp3) is 0.118. The minimum absolute atomic E-state index is 0.0675. The van der Waals surface area contributed by atoms with E-state index < -0.39 is 18.0 Å². The molecule has 1 unspecified atom stereocenters. The van der Waals surface area contributed by atoms with Crippen LogP contribution in [0.25, 0.3) is 23.1 Å². The van der Waals surface area contributed by atoms with Crippen LogP contribution in [0.15, 0.2) is 110 Å². The number of hydrogen-bond donors (Lipinski definition) is 1. The van der Waals surface area contributed by atoms with E-state index in [-0.39, 0.29) is 23.3 Å². The van der Waals surface area contributed by atoms with Crippen molar-refractivity contribution in [3.63, 3.8) is 0 Å². The molecule has 1 aliphatic heterocycles. The van der Waals surface area contributed by atoms with Gasteiger partial charge in [0.25, 0.3) is 5.56 Å². The quantitative estimate of drug-likeness (QED) is 0.155. The van der Waals surface area contributed by atoms with Crippen molar-refractivity contribution in [2.45, 2.75) is 17.9 Å². The number of aromatic nitrogens is 1. The lowest BCUT2D eigenvalue weighted by molar-refractivity contribution is -0.138. The van der Waals surface area contributed by atoms with Gasteiger partial charge in [-0.2, -0.15) is 0 Å². The molecule has 3 heterocycles. The van der Waals surface area contributed by atoms with E-state index in [4.69, 9.17) is 25.7 Å². The average molecular weight is 657 g/mol. The monoisotopic (exact) mass is 656 g/mol. The number of carboxylic acids is 1. The van der Waals surface area contributed by atoms with Crippen molar-refractivity contribution in [3.8, 4) is 11.3 Å². The van der Waals surface area contributed by atoms with Crippen molar-refractivity contribution >= 4 is 58.4 Å². The average Bonchev–Trinajstić information content (AvgIpc) is 3.64. The molecule has 0 aliphatic carbocycles. The van der Waals surface area contributed by atoms with E-state index >= 15 is 0 Å². The number of rotatable bonds is 8. The lowest BCUT2D eigenvalue weighted by Gasteiger charge is -2.26. The number of thiazole rings is 1. The number of carbonyl (C=O) groups excluding carboxylic acids is 1. The summed E-state index contributed by atoms with van der Waals surface area (Å²) in [5.74, 6) is -0.925. The van der Waals surface area contributed by atoms with Crippen LogP contribution in [0.2, 0.25) is 5.02 Å². The first-order valence-corrected chi connectivity index (χ1v) is 16.3. The summed E-state index contributed by atoms with van der Waals surface area (Å²) in [6.45, 7) is 1.90. The molecule has 6 rings (SSSR count). The predicted molar refractivity (Wildman–Crippen MR) is 175 cm³/mol. The van der Waals surface area contributed by atoms with Crippen LogP contribution >= 0.6 is 34.7 Å². The standard InChI is InChI=1S/C34H25ClN2O6S2/c1-3-42-33(41)28-29(19-7-5-4-6-8-19)36-34-37(30(28)20-9-13-23(44-2)14-10-20)31(38)27(45-34)18-22-12-16-26(43-22)24-17-21(32(39)40)11-15-25(24)35/h4-18,30H,3H2,1-2H3,(H,39,40). The van der Waals surface area contributed by atoms with E-state index in [0.717, 1.165) is 16.0 Å². The number of carboxylic acid groups (broad SMARTS) is 1. The Bertz CT molecular complexity index is 2150. The van der Waals surface area contributed by atoms with Crippen molar-refractivity contribution in [3.05, 3.63) is 138 Å². The van der Waals surface area contributed by atoms with E-state index in [0.29, 0.717) is 37.1 Å². The fourth-order valence-corrected chi connectivity index (χ4v) is 6.69. The van der Waals surface area contributed by atoms with Gasteiger partial charge < -0.3 is 14.3 Å². The number of aromatic carboxylic acids is 1. The third-order valence-electron chi connectivity index (χ3n) is 7.18. The molecular formula is C34H25ClN2O6S2. The Morgan fingerprint density at radius 3 is 2.53 bits per heavy atom. The number of carbonyl (C=O) groups is 2. The van der Waals surface area contributed by atoms with E-state index in [1.165, 1.54) is 34.1 Å². The SMILES string of the molecule is CCOC(=O)C1=C(c2ccccc2)N=c2sc(=Cc3ccc(-c4cc(C(=O)O)ccc4Cl)o3)c(=O)n2C1c1ccc(SC)cc1. The minimum atomic E-state index is -1.09. The first-order chi connectivity index (χ1) is 21.8. The first-order valence-electron chi connectivity index (χ1n) is 13.8. The van der Waals surface area contributed by atoms with Crippen LogP contribution in [0.1, 0.15) is 40.2 Å². The second-order valence-electron chi connectivity index (χ2n) is 9.91. The van der Waals surface area contributed by atoms with E-state index in [1.807, 2.05) is 60.9 Å². The molecule has 5 aromatic rings. The first kappa shape index (κ1) is 30.4. The molecule has 0 radical (unpaired) electrons. The van der Waals surface area contributed by atoms with Gasteiger partial charge in [-0.1, -0.05) is 65.4 Å². The smallest absolute Gasteiger partial charge is 0.338 e. The maximum atomic E-state index is 14.1. The second-order valence-corrected chi connectivity index (χ2v) is 12.2. The molecule has 1 N–H and O–H groups in total. The molecule has 3 aromatic carbocycles.